The molecule has 23 heavy (non-hydrogen) atoms. The maximum absolute atomic E-state index is 11.8. The number of fused-ring (bicyclic) bond motifs is 5. The molecule has 4 aliphatic rings. The van der Waals surface area contributed by atoms with Gasteiger partial charge < -0.3 is 5.11 Å². The molecule has 0 spiro atoms. The summed E-state index contributed by atoms with van der Waals surface area (Å²) in [5.74, 6) is 3.32. The number of rotatable bonds is 1. The van der Waals surface area contributed by atoms with Gasteiger partial charge in [0.2, 0.25) is 0 Å². The van der Waals surface area contributed by atoms with E-state index in [9.17, 15) is 9.90 Å². The summed E-state index contributed by atoms with van der Waals surface area (Å²) in [6, 6.07) is 0. The lowest BCUT2D eigenvalue weighted by molar-refractivity contribution is -0.117. The lowest BCUT2D eigenvalue weighted by Crippen LogP contribution is -2.53. The highest BCUT2D eigenvalue weighted by Gasteiger charge is 2.59. The Morgan fingerprint density at radius 3 is 2.78 bits per heavy atom. The highest BCUT2D eigenvalue weighted by atomic mass is 35.5. The van der Waals surface area contributed by atoms with E-state index in [0.29, 0.717) is 41.8 Å². The second kappa shape index (κ2) is 5.59. The molecule has 3 fully saturated rings. The van der Waals surface area contributed by atoms with Gasteiger partial charge in [-0.1, -0.05) is 12.5 Å². The first kappa shape index (κ1) is 16.1. The molecule has 0 aromatic carbocycles. The number of allylic oxidation sites excluding steroid dienone is 1. The van der Waals surface area contributed by atoms with Gasteiger partial charge in [-0.05, 0) is 86.5 Å². The molecule has 0 radical (unpaired) electrons. The monoisotopic (exact) mass is 336 g/mol. The molecule has 0 heterocycles. The van der Waals surface area contributed by atoms with Gasteiger partial charge in [0.1, 0.15) is 0 Å². The summed E-state index contributed by atoms with van der Waals surface area (Å²) in [5, 5.41) is 10.8. The first-order chi connectivity index (χ1) is 10.9. The van der Waals surface area contributed by atoms with Crippen molar-refractivity contribution in [3.8, 4) is 0 Å². The van der Waals surface area contributed by atoms with Crippen LogP contribution in [0.2, 0.25) is 0 Å². The average molecular weight is 337 g/mol. The van der Waals surface area contributed by atoms with Crippen molar-refractivity contribution in [2.24, 2.45) is 35.0 Å². The minimum absolute atomic E-state index is 0.0562. The van der Waals surface area contributed by atoms with Crippen LogP contribution in [0.25, 0.3) is 0 Å². The molecule has 3 heteroatoms. The van der Waals surface area contributed by atoms with Crippen molar-refractivity contribution in [3.05, 3.63) is 11.6 Å². The third kappa shape index (κ3) is 2.35. The molecule has 0 amide bonds. The van der Waals surface area contributed by atoms with Gasteiger partial charge in [-0.15, -0.1) is 11.6 Å². The van der Waals surface area contributed by atoms with E-state index in [4.69, 9.17) is 11.6 Å². The number of ketones is 1. The van der Waals surface area contributed by atoms with E-state index in [1.165, 1.54) is 18.4 Å². The summed E-state index contributed by atoms with van der Waals surface area (Å²) in [6.07, 6.45) is 9.00. The molecule has 2 nitrogen and oxygen atoms in total. The molecule has 1 N–H and O–H groups in total. The lowest BCUT2D eigenvalue weighted by atomic mass is 9.48. The van der Waals surface area contributed by atoms with E-state index in [-0.39, 0.29) is 16.9 Å². The van der Waals surface area contributed by atoms with Crippen LogP contribution in [0.5, 0.6) is 0 Å². The number of hydrogen-bond donors (Lipinski definition) is 1. The molecule has 8 atom stereocenters. The van der Waals surface area contributed by atoms with Crippen LogP contribution in [0.3, 0.4) is 0 Å². The third-order valence-electron chi connectivity index (χ3n) is 7.89. The van der Waals surface area contributed by atoms with Gasteiger partial charge in [0.15, 0.2) is 5.78 Å². The summed E-state index contributed by atoms with van der Waals surface area (Å²) in [6.45, 7) is 4.45. The van der Waals surface area contributed by atoms with Gasteiger partial charge >= 0.3 is 0 Å². The molecule has 0 aromatic rings. The summed E-state index contributed by atoms with van der Waals surface area (Å²) in [7, 11) is 0. The first-order valence-corrected chi connectivity index (χ1v) is 9.91. The quantitative estimate of drug-likeness (QED) is 0.723. The average Bonchev–Trinajstić information content (AvgIpc) is 2.81. The fraction of sp³-hybridized carbons (Fsp3) is 0.850. The van der Waals surface area contributed by atoms with Gasteiger partial charge in [0.05, 0.1) is 6.10 Å². The first-order valence-electron chi connectivity index (χ1n) is 9.47. The number of carbonyl (C=O) groups excluding carboxylic acids is 1. The third-order valence-corrected chi connectivity index (χ3v) is 8.21. The predicted octanol–water partition coefficient (Wildman–Crippen LogP) is 4.34. The zero-order chi connectivity index (χ0) is 16.4. The van der Waals surface area contributed by atoms with Gasteiger partial charge in [-0.25, -0.2) is 0 Å². The Morgan fingerprint density at radius 1 is 1.26 bits per heavy atom. The van der Waals surface area contributed by atoms with E-state index in [1.54, 1.807) is 0 Å². The van der Waals surface area contributed by atoms with Crippen LogP contribution in [-0.4, -0.2) is 22.4 Å². The molecule has 0 saturated heterocycles. The second-order valence-electron chi connectivity index (χ2n) is 8.86. The minimum Gasteiger partial charge on any atom is -0.393 e. The van der Waals surface area contributed by atoms with E-state index >= 15 is 0 Å². The van der Waals surface area contributed by atoms with E-state index in [2.05, 4.69) is 13.8 Å². The van der Waals surface area contributed by atoms with Gasteiger partial charge in [-0.2, -0.15) is 0 Å². The van der Waals surface area contributed by atoms with Crippen LogP contribution in [0.15, 0.2) is 11.6 Å². The van der Waals surface area contributed by atoms with Crippen LogP contribution >= 0.6 is 11.6 Å². The minimum atomic E-state index is -0.156. The predicted molar refractivity (Wildman–Crippen MR) is 92.3 cm³/mol. The normalized spacial score (nSPS) is 50.6. The fourth-order valence-electron chi connectivity index (χ4n) is 6.82. The van der Waals surface area contributed by atoms with Crippen LogP contribution in [0.1, 0.15) is 58.8 Å². The largest absolute Gasteiger partial charge is 0.393 e. The van der Waals surface area contributed by atoms with Crippen LogP contribution < -0.4 is 0 Å². The topological polar surface area (TPSA) is 37.3 Å². The van der Waals surface area contributed by atoms with Crippen LogP contribution in [0.4, 0.5) is 0 Å². The van der Waals surface area contributed by atoms with Gasteiger partial charge in [0, 0.05) is 11.8 Å². The van der Waals surface area contributed by atoms with Crippen LogP contribution in [-0.2, 0) is 4.79 Å². The summed E-state index contributed by atoms with van der Waals surface area (Å²) in [4.78, 5) is 11.8. The van der Waals surface area contributed by atoms with Crippen molar-refractivity contribution in [1.29, 1.82) is 0 Å². The summed E-state index contributed by atoms with van der Waals surface area (Å²) < 4.78 is 0. The maximum atomic E-state index is 11.8. The molecular formula is C20H29ClO2. The molecule has 4 aliphatic carbocycles. The van der Waals surface area contributed by atoms with Crippen molar-refractivity contribution in [2.45, 2.75) is 70.3 Å². The number of hydrogen-bond acceptors (Lipinski definition) is 2. The number of halogens is 1. The molecule has 1 unspecified atom stereocenters. The van der Waals surface area contributed by atoms with E-state index in [0.717, 1.165) is 25.7 Å². The van der Waals surface area contributed by atoms with Crippen molar-refractivity contribution in [1.82, 2.24) is 0 Å². The molecular weight excluding hydrogens is 308 g/mol. The Morgan fingerprint density at radius 2 is 2.04 bits per heavy atom. The summed E-state index contributed by atoms with van der Waals surface area (Å²) >= 11 is 6.67. The van der Waals surface area contributed by atoms with Crippen molar-refractivity contribution in [3.63, 3.8) is 0 Å². The van der Waals surface area contributed by atoms with Gasteiger partial charge in [-0.3, -0.25) is 4.79 Å². The lowest BCUT2D eigenvalue weighted by Gasteiger charge is -2.57. The smallest absolute Gasteiger partial charge is 0.155 e. The highest BCUT2D eigenvalue weighted by Crippen LogP contribution is 2.64. The Kier molecular flexibility index (Phi) is 3.93. The van der Waals surface area contributed by atoms with Crippen molar-refractivity contribution < 1.29 is 9.90 Å². The molecule has 4 rings (SSSR count). The van der Waals surface area contributed by atoms with Crippen molar-refractivity contribution in [2.75, 3.05) is 0 Å². The van der Waals surface area contributed by atoms with E-state index in [1.807, 2.05) is 6.08 Å². The Balaban J connectivity index is 1.73. The van der Waals surface area contributed by atoms with Gasteiger partial charge in [0.25, 0.3) is 0 Å². The molecule has 0 bridgehead atoms. The molecule has 3 saturated carbocycles. The molecule has 0 aromatic heterocycles. The number of aliphatic hydroxyl groups is 1. The Hall–Kier alpha value is -0.340. The number of aliphatic hydroxyl groups excluding tert-OH is 1. The fourth-order valence-corrected chi connectivity index (χ4v) is 7.08. The maximum Gasteiger partial charge on any atom is 0.155 e. The van der Waals surface area contributed by atoms with Crippen molar-refractivity contribution >= 4 is 17.4 Å². The number of alkyl halides is 1. The zero-order valence-electron chi connectivity index (χ0n) is 14.3. The Bertz CT molecular complexity index is 540. The molecule has 0 aliphatic heterocycles. The highest BCUT2D eigenvalue weighted by molar-refractivity contribution is 6.20. The number of carbonyl (C=O) groups is 1. The standard InChI is InChI=1S/C20H29ClO2/c1-11(21)16-10-20(2)17(7-8-18(20)23)15-5-3-12-9-13(22)4-6-14(12)19(15)16/h9,11,14-19,23H,3-8,10H2,1-2H3/t11?,14-,15-,16+,17-,18-,19+,20-/m0/s1. The van der Waals surface area contributed by atoms with E-state index < -0.39 is 0 Å². The molecule has 128 valence electrons. The SMILES string of the molecule is CC(Cl)[C@H]1C[C@]2(C)[C@@H](O)CC[C@H]2[C@@H]2CCC3=CC(=O)CC[C@@H]3[C@H]21. The summed E-state index contributed by atoms with van der Waals surface area (Å²) in [5.41, 5.74) is 1.47. The Labute approximate surface area is 144 Å². The van der Waals surface area contributed by atoms with Crippen LogP contribution in [0, 0.1) is 35.0 Å². The second-order valence-corrected chi connectivity index (χ2v) is 9.55. The zero-order valence-corrected chi connectivity index (χ0v) is 15.1.